The molecule has 1 aliphatic heterocycles. The first-order valence-electron chi connectivity index (χ1n) is 10.3. The number of para-hydroxylation sites is 1. The van der Waals surface area contributed by atoms with Gasteiger partial charge in [0.2, 0.25) is 5.91 Å². The minimum Gasteiger partial charge on any atom is -0.484 e. The van der Waals surface area contributed by atoms with Crippen molar-refractivity contribution in [3.63, 3.8) is 0 Å². The zero-order valence-corrected chi connectivity index (χ0v) is 17.4. The first-order valence-corrected chi connectivity index (χ1v) is 10.3. The molecule has 8 nitrogen and oxygen atoms in total. The number of hydrogen-bond donors (Lipinski definition) is 0. The number of hydrogen-bond acceptors (Lipinski definition) is 6. The lowest BCUT2D eigenvalue weighted by Gasteiger charge is -2.34. The smallest absolute Gasteiger partial charge is 0.289 e. The van der Waals surface area contributed by atoms with Gasteiger partial charge in [0.1, 0.15) is 24.2 Å². The number of pyridine rings is 1. The van der Waals surface area contributed by atoms with Crippen molar-refractivity contribution in [1.29, 1.82) is 5.26 Å². The van der Waals surface area contributed by atoms with Crippen LogP contribution in [0.1, 0.15) is 27.6 Å². The fourth-order valence-corrected chi connectivity index (χ4v) is 3.49. The maximum Gasteiger partial charge on any atom is 0.289 e. The molecule has 8 heteroatoms. The van der Waals surface area contributed by atoms with Crippen LogP contribution in [0, 0.1) is 11.3 Å². The molecule has 1 saturated heterocycles. The summed E-state index contributed by atoms with van der Waals surface area (Å²) < 4.78 is 11.3. The summed E-state index contributed by atoms with van der Waals surface area (Å²) in [5, 5.41) is 9.13. The van der Waals surface area contributed by atoms with E-state index in [-0.39, 0.29) is 30.6 Å². The summed E-state index contributed by atoms with van der Waals surface area (Å²) in [6.45, 7) is 1.93. The zero-order chi connectivity index (χ0) is 22.3. The van der Waals surface area contributed by atoms with Gasteiger partial charge < -0.3 is 19.0 Å². The molecule has 1 aromatic carbocycles. The van der Waals surface area contributed by atoms with Crippen molar-refractivity contribution in [2.75, 3.05) is 26.2 Å². The van der Waals surface area contributed by atoms with E-state index >= 15 is 0 Å². The van der Waals surface area contributed by atoms with Crippen LogP contribution in [0.3, 0.4) is 0 Å². The molecular formula is C24H22N4O4. The number of carbonyl (C=O) groups is 2. The lowest BCUT2D eigenvalue weighted by Crippen LogP contribution is -2.51. The maximum absolute atomic E-state index is 12.8. The molecule has 2 amide bonds. The zero-order valence-electron chi connectivity index (χ0n) is 17.4. The molecule has 0 spiro atoms. The third-order valence-corrected chi connectivity index (χ3v) is 5.23. The molecule has 0 saturated carbocycles. The Labute approximate surface area is 185 Å². The average Bonchev–Trinajstić information content (AvgIpc) is 3.32. The highest BCUT2D eigenvalue weighted by molar-refractivity contribution is 5.91. The summed E-state index contributed by atoms with van der Waals surface area (Å²) in [6.07, 6.45) is 1.93. The van der Waals surface area contributed by atoms with E-state index < -0.39 is 0 Å². The number of carbonyl (C=O) groups excluding carboxylic acids is 2. The molecule has 0 aliphatic carbocycles. The largest absolute Gasteiger partial charge is 0.484 e. The van der Waals surface area contributed by atoms with E-state index in [1.807, 2.05) is 18.2 Å². The second-order valence-corrected chi connectivity index (χ2v) is 7.33. The molecule has 32 heavy (non-hydrogen) atoms. The average molecular weight is 430 g/mol. The number of aromatic nitrogens is 1. The van der Waals surface area contributed by atoms with E-state index in [9.17, 15) is 9.59 Å². The van der Waals surface area contributed by atoms with Crippen LogP contribution in [-0.4, -0.2) is 52.8 Å². The second kappa shape index (κ2) is 9.79. The molecule has 3 heterocycles. The molecule has 1 aliphatic rings. The maximum atomic E-state index is 12.8. The Kier molecular flexibility index (Phi) is 6.46. The summed E-state index contributed by atoms with van der Waals surface area (Å²) in [7, 11) is 0. The third-order valence-electron chi connectivity index (χ3n) is 5.23. The molecule has 3 aromatic rings. The van der Waals surface area contributed by atoms with E-state index in [0.717, 1.165) is 5.69 Å². The van der Waals surface area contributed by atoms with Crippen molar-refractivity contribution in [2.45, 2.75) is 13.0 Å². The monoisotopic (exact) mass is 430 g/mol. The van der Waals surface area contributed by atoms with Gasteiger partial charge >= 0.3 is 0 Å². The number of rotatable bonds is 6. The third kappa shape index (κ3) is 4.95. The van der Waals surface area contributed by atoms with Crippen molar-refractivity contribution < 1.29 is 18.7 Å². The standard InChI is InChI=1S/C24H22N4O4/c25-16-18-5-1-2-7-21(18)31-17-20-8-9-22(32-20)24(30)28-13-11-27(12-14-28)23(29)15-19-6-3-4-10-26-19/h1-10H,11-15,17H2. The van der Waals surface area contributed by atoms with Crippen molar-refractivity contribution in [3.05, 3.63) is 83.6 Å². The number of ether oxygens (including phenoxy) is 1. The predicted molar refractivity (Wildman–Crippen MR) is 115 cm³/mol. The first kappa shape index (κ1) is 21.1. The van der Waals surface area contributed by atoms with Gasteiger partial charge in [0, 0.05) is 38.1 Å². The Hall–Kier alpha value is -4.12. The SMILES string of the molecule is N#Cc1ccccc1OCc1ccc(C(=O)N2CCN(C(=O)Cc3ccccn3)CC2)o1. The molecule has 0 radical (unpaired) electrons. The van der Waals surface area contributed by atoms with E-state index in [1.54, 1.807) is 52.4 Å². The molecule has 4 rings (SSSR count). The Morgan fingerprint density at radius 1 is 1.00 bits per heavy atom. The topological polar surface area (TPSA) is 99.7 Å². The van der Waals surface area contributed by atoms with Gasteiger partial charge in [0.15, 0.2) is 5.76 Å². The van der Waals surface area contributed by atoms with Crippen LogP contribution < -0.4 is 4.74 Å². The van der Waals surface area contributed by atoms with Crippen molar-refractivity contribution in [3.8, 4) is 11.8 Å². The summed E-state index contributed by atoms with van der Waals surface area (Å²) >= 11 is 0. The summed E-state index contributed by atoms with van der Waals surface area (Å²) in [5.41, 5.74) is 1.17. The fourth-order valence-electron chi connectivity index (χ4n) is 3.49. The van der Waals surface area contributed by atoms with Crippen molar-refractivity contribution >= 4 is 11.8 Å². The molecule has 0 atom stereocenters. The normalized spacial score (nSPS) is 13.5. The Bertz CT molecular complexity index is 1130. The Morgan fingerprint density at radius 2 is 1.75 bits per heavy atom. The summed E-state index contributed by atoms with van der Waals surface area (Å²) in [5.74, 6) is 0.970. The highest BCUT2D eigenvalue weighted by Crippen LogP contribution is 2.20. The quantitative estimate of drug-likeness (QED) is 0.596. The molecule has 0 bridgehead atoms. The summed E-state index contributed by atoms with van der Waals surface area (Å²) in [6, 6.07) is 17.8. The minimum atomic E-state index is -0.217. The number of nitrogens with zero attached hydrogens (tertiary/aromatic N) is 4. The fraction of sp³-hybridized carbons (Fsp3) is 0.250. The van der Waals surface area contributed by atoms with Gasteiger partial charge in [-0.05, 0) is 36.4 Å². The van der Waals surface area contributed by atoms with E-state index in [4.69, 9.17) is 14.4 Å². The first-order chi connectivity index (χ1) is 15.6. The molecule has 1 fully saturated rings. The van der Waals surface area contributed by atoms with Crippen LogP contribution in [0.5, 0.6) is 5.75 Å². The number of furan rings is 1. The minimum absolute atomic E-state index is 0.00545. The highest BCUT2D eigenvalue weighted by Gasteiger charge is 2.26. The Balaban J connectivity index is 1.29. The van der Waals surface area contributed by atoms with Crippen LogP contribution in [0.4, 0.5) is 0 Å². The van der Waals surface area contributed by atoms with Gasteiger partial charge in [0.25, 0.3) is 5.91 Å². The highest BCUT2D eigenvalue weighted by atomic mass is 16.5. The number of nitriles is 1. The van der Waals surface area contributed by atoms with Crippen LogP contribution >= 0.6 is 0 Å². The number of benzene rings is 1. The van der Waals surface area contributed by atoms with Crippen LogP contribution in [0.2, 0.25) is 0 Å². The van der Waals surface area contributed by atoms with E-state index in [1.165, 1.54) is 0 Å². The lowest BCUT2D eigenvalue weighted by atomic mass is 10.2. The molecular weight excluding hydrogens is 408 g/mol. The van der Waals surface area contributed by atoms with Crippen molar-refractivity contribution in [1.82, 2.24) is 14.8 Å². The van der Waals surface area contributed by atoms with E-state index in [0.29, 0.717) is 43.3 Å². The molecule has 0 N–H and O–H groups in total. The van der Waals surface area contributed by atoms with Gasteiger partial charge in [-0.1, -0.05) is 18.2 Å². The van der Waals surface area contributed by atoms with Gasteiger partial charge in [-0.3, -0.25) is 14.6 Å². The molecule has 162 valence electrons. The molecule has 0 unspecified atom stereocenters. The molecule has 2 aromatic heterocycles. The Morgan fingerprint density at radius 3 is 2.50 bits per heavy atom. The van der Waals surface area contributed by atoms with Gasteiger partial charge in [0.05, 0.1) is 12.0 Å². The van der Waals surface area contributed by atoms with Gasteiger partial charge in [-0.25, -0.2) is 0 Å². The number of piperazine rings is 1. The van der Waals surface area contributed by atoms with Crippen LogP contribution in [0.25, 0.3) is 0 Å². The van der Waals surface area contributed by atoms with Crippen molar-refractivity contribution in [2.24, 2.45) is 0 Å². The number of amides is 2. The van der Waals surface area contributed by atoms with Crippen LogP contribution in [0.15, 0.2) is 65.2 Å². The van der Waals surface area contributed by atoms with E-state index in [2.05, 4.69) is 11.1 Å². The second-order valence-electron chi connectivity index (χ2n) is 7.33. The van der Waals surface area contributed by atoms with Crippen LogP contribution in [-0.2, 0) is 17.8 Å². The van der Waals surface area contributed by atoms with Gasteiger partial charge in [-0.2, -0.15) is 5.26 Å². The summed E-state index contributed by atoms with van der Waals surface area (Å²) in [4.78, 5) is 32.9. The van der Waals surface area contributed by atoms with Gasteiger partial charge in [-0.15, -0.1) is 0 Å². The predicted octanol–water partition coefficient (Wildman–Crippen LogP) is 2.65. The lowest BCUT2D eigenvalue weighted by molar-refractivity contribution is -0.132.